The van der Waals surface area contributed by atoms with E-state index in [1.807, 2.05) is 33.3 Å². The fourth-order valence-electron chi connectivity index (χ4n) is 3.43. The average molecular weight is 341 g/mol. The Morgan fingerprint density at radius 3 is 2.96 bits per heavy atom. The highest BCUT2D eigenvalue weighted by molar-refractivity contribution is 5.67. The summed E-state index contributed by atoms with van der Waals surface area (Å²) in [5, 5.41) is 2.82. The van der Waals surface area contributed by atoms with Crippen LogP contribution < -0.4 is 5.32 Å². The van der Waals surface area contributed by atoms with Crippen molar-refractivity contribution in [2.24, 2.45) is 0 Å². The Balaban J connectivity index is 1.65. The molecular weight excluding hydrogens is 314 g/mol. The summed E-state index contributed by atoms with van der Waals surface area (Å²) in [4.78, 5) is 16.1. The van der Waals surface area contributed by atoms with Gasteiger partial charge in [-0.15, -0.1) is 0 Å². The minimum Gasteiger partial charge on any atom is -0.444 e. The van der Waals surface area contributed by atoms with Gasteiger partial charge in [0.1, 0.15) is 5.60 Å². The molecule has 1 aromatic carbocycles. The first-order chi connectivity index (χ1) is 11.9. The molecule has 1 N–H and O–H groups in total. The van der Waals surface area contributed by atoms with Crippen LogP contribution in [-0.4, -0.2) is 27.8 Å². The minimum atomic E-state index is -0.475. The molecular formula is C20H27N3O2. The fraction of sp³-hybridized carbons (Fsp3) is 0.500. The predicted octanol–water partition coefficient (Wildman–Crippen LogP) is 3.88. The number of carbonyl (C=O) groups excluding carboxylic acids is 1. The van der Waals surface area contributed by atoms with Gasteiger partial charge in [-0.2, -0.15) is 0 Å². The SMILES string of the molecule is CC(C)(C)OC(=O)NCCc1cncn1C1CCCc2ccccc21. The van der Waals surface area contributed by atoms with Crippen LogP contribution in [0.3, 0.4) is 0 Å². The highest BCUT2D eigenvalue weighted by Gasteiger charge is 2.23. The number of aromatic nitrogens is 2. The third-order valence-corrected chi connectivity index (χ3v) is 4.47. The summed E-state index contributed by atoms with van der Waals surface area (Å²) in [6.07, 6.45) is 7.63. The van der Waals surface area contributed by atoms with E-state index in [4.69, 9.17) is 4.74 Å². The van der Waals surface area contributed by atoms with Crippen molar-refractivity contribution >= 4 is 6.09 Å². The molecule has 134 valence electrons. The summed E-state index contributed by atoms with van der Waals surface area (Å²) in [6.45, 7) is 6.13. The summed E-state index contributed by atoms with van der Waals surface area (Å²) >= 11 is 0. The van der Waals surface area contributed by atoms with Gasteiger partial charge in [0, 0.05) is 24.9 Å². The molecule has 1 unspecified atom stereocenters. The zero-order chi connectivity index (χ0) is 17.9. The van der Waals surface area contributed by atoms with E-state index in [1.54, 1.807) is 0 Å². The Labute approximate surface area is 149 Å². The van der Waals surface area contributed by atoms with E-state index >= 15 is 0 Å². The number of nitrogens with one attached hydrogen (secondary N) is 1. The second-order valence-corrected chi connectivity index (χ2v) is 7.58. The smallest absolute Gasteiger partial charge is 0.407 e. The van der Waals surface area contributed by atoms with Crippen molar-refractivity contribution in [3.05, 3.63) is 53.6 Å². The number of aryl methyl sites for hydroxylation is 1. The summed E-state index contributed by atoms with van der Waals surface area (Å²) in [5.74, 6) is 0. The maximum absolute atomic E-state index is 11.8. The zero-order valence-electron chi connectivity index (χ0n) is 15.3. The Morgan fingerprint density at radius 1 is 1.36 bits per heavy atom. The van der Waals surface area contributed by atoms with Crippen LogP contribution in [0, 0.1) is 0 Å². The van der Waals surface area contributed by atoms with E-state index in [0.717, 1.165) is 25.0 Å². The van der Waals surface area contributed by atoms with Crippen molar-refractivity contribution in [2.75, 3.05) is 6.54 Å². The third-order valence-electron chi connectivity index (χ3n) is 4.47. The summed E-state index contributed by atoms with van der Waals surface area (Å²) in [5.41, 5.74) is 3.49. The van der Waals surface area contributed by atoms with Crippen LogP contribution in [0.1, 0.15) is 56.5 Å². The van der Waals surface area contributed by atoms with Gasteiger partial charge in [-0.3, -0.25) is 0 Å². The molecule has 5 heteroatoms. The van der Waals surface area contributed by atoms with Crippen LogP contribution >= 0.6 is 0 Å². The maximum atomic E-state index is 11.8. The molecule has 1 aromatic heterocycles. The lowest BCUT2D eigenvalue weighted by molar-refractivity contribution is 0.0528. The highest BCUT2D eigenvalue weighted by Crippen LogP contribution is 2.33. The van der Waals surface area contributed by atoms with E-state index in [2.05, 4.69) is 39.1 Å². The van der Waals surface area contributed by atoms with E-state index < -0.39 is 5.60 Å². The average Bonchev–Trinajstić information content (AvgIpc) is 3.01. The highest BCUT2D eigenvalue weighted by atomic mass is 16.6. The van der Waals surface area contributed by atoms with E-state index in [0.29, 0.717) is 12.6 Å². The molecule has 25 heavy (non-hydrogen) atoms. The number of nitrogens with zero attached hydrogens (tertiary/aromatic N) is 2. The number of fused-ring (bicyclic) bond motifs is 1. The van der Waals surface area contributed by atoms with Crippen molar-refractivity contribution < 1.29 is 9.53 Å². The summed E-state index contributed by atoms with van der Waals surface area (Å²) in [6, 6.07) is 9.01. The molecule has 0 bridgehead atoms. The Morgan fingerprint density at radius 2 is 2.16 bits per heavy atom. The van der Waals surface area contributed by atoms with Gasteiger partial charge in [0.2, 0.25) is 0 Å². The number of imidazole rings is 1. The van der Waals surface area contributed by atoms with Crippen molar-refractivity contribution in [3.63, 3.8) is 0 Å². The Hall–Kier alpha value is -2.30. The van der Waals surface area contributed by atoms with Gasteiger partial charge in [-0.25, -0.2) is 9.78 Å². The van der Waals surface area contributed by atoms with Gasteiger partial charge in [-0.05, 0) is 51.2 Å². The molecule has 0 spiro atoms. The monoisotopic (exact) mass is 341 g/mol. The van der Waals surface area contributed by atoms with Gasteiger partial charge in [0.05, 0.1) is 12.4 Å². The van der Waals surface area contributed by atoms with Gasteiger partial charge in [-0.1, -0.05) is 24.3 Å². The molecule has 0 saturated carbocycles. The van der Waals surface area contributed by atoms with Gasteiger partial charge >= 0.3 is 6.09 Å². The molecule has 5 nitrogen and oxygen atoms in total. The molecule has 1 aliphatic rings. The largest absolute Gasteiger partial charge is 0.444 e. The predicted molar refractivity (Wildman–Crippen MR) is 97.7 cm³/mol. The molecule has 0 fully saturated rings. The standard InChI is InChI=1S/C20H27N3O2/c1-20(2,3)25-19(24)22-12-11-16-13-21-14-23(16)18-10-6-8-15-7-4-5-9-17(15)18/h4-5,7,9,13-14,18H,6,8,10-12H2,1-3H3,(H,22,24). The van der Waals surface area contributed by atoms with Crippen LogP contribution in [0.5, 0.6) is 0 Å². The second-order valence-electron chi connectivity index (χ2n) is 7.58. The molecule has 1 aliphatic carbocycles. The molecule has 1 atom stereocenters. The molecule has 3 rings (SSSR count). The van der Waals surface area contributed by atoms with Gasteiger partial charge in [0.15, 0.2) is 0 Å². The number of rotatable bonds is 4. The van der Waals surface area contributed by atoms with Crippen LogP contribution in [0.2, 0.25) is 0 Å². The normalized spacial score (nSPS) is 17.0. The number of hydrogen-bond donors (Lipinski definition) is 1. The third kappa shape index (κ3) is 4.41. The van der Waals surface area contributed by atoms with Crippen LogP contribution in [0.25, 0.3) is 0 Å². The van der Waals surface area contributed by atoms with Gasteiger partial charge < -0.3 is 14.6 Å². The number of carbonyl (C=O) groups is 1. The van der Waals surface area contributed by atoms with Crippen molar-refractivity contribution in [2.45, 2.75) is 58.1 Å². The van der Waals surface area contributed by atoms with Crippen LogP contribution in [0.15, 0.2) is 36.8 Å². The summed E-state index contributed by atoms with van der Waals surface area (Å²) < 4.78 is 7.54. The van der Waals surface area contributed by atoms with E-state index in [9.17, 15) is 4.79 Å². The van der Waals surface area contributed by atoms with E-state index in [1.165, 1.54) is 17.5 Å². The molecule has 0 aliphatic heterocycles. The molecule has 0 saturated heterocycles. The first kappa shape index (κ1) is 17.5. The van der Waals surface area contributed by atoms with Crippen LogP contribution in [0.4, 0.5) is 4.79 Å². The number of alkyl carbamates (subject to hydrolysis) is 1. The first-order valence-corrected chi connectivity index (χ1v) is 8.99. The Bertz CT molecular complexity index is 731. The number of benzene rings is 1. The van der Waals surface area contributed by atoms with E-state index in [-0.39, 0.29) is 6.09 Å². The number of ether oxygens (including phenoxy) is 1. The number of amides is 1. The first-order valence-electron chi connectivity index (χ1n) is 8.99. The molecule has 0 radical (unpaired) electrons. The molecule has 2 aromatic rings. The molecule has 1 amide bonds. The number of hydrogen-bond acceptors (Lipinski definition) is 3. The maximum Gasteiger partial charge on any atom is 0.407 e. The topological polar surface area (TPSA) is 56.1 Å². The fourth-order valence-corrected chi connectivity index (χ4v) is 3.43. The molecule has 1 heterocycles. The van der Waals surface area contributed by atoms with Crippen molar-refractivity contribution in [1.29, 1.82) is 0 Å². The lowest BCUT2D eigenvalue weighted by atomic mass is 9.87. The van der Waals surface area contributed by atoms with Crippen molar-refractivity contribution in [3.8, 4) is 0 Å². The zero-order valence-corrected chi connectivity index (χ0v) is 15.3. The Kier molecular flexibility index (Phi) is 5.11. The van der Waals surface area contributed by atoms with Crippen LogP contribution in [-0.2, 0) is 17.6 Å². The lowest BCUT2D eigenvalue weighted by Crippen LogP contribution is -2.33. The lowest BCUT2D eigenvalue weighted by Gasteiger charge is -2.28. The van der Waals surface area contributed by atoms with Crippen molar-refractivity contribution in [1.82, 2.24) is 14.9 Å². The summed E-state index contributed by atoms with van der Waals surface area (Å²) in [7, 11) is 0. The minimum absolute atomic E-state index is 0.337. The van der Waals surface area contributed by atoms with Gasteiger partial charge in [0.25, 0.3) is 0 Å². The second kappa shape index (κ2) is 7.30. The quantitative estimate of drug-likeness (QED) is 0.918.